The van der Waals surface area contributed by atoms with Crippen molar-refractivity contribution in [1.29, 1.82) is 0 Å². The quantitative estimate of drug-likeness (QED) is 0.856. The van der Waals surface area contributed by atoms with Crippen molar-refractivity contribution in [3.8, 4) is 0 Å². The number of nitrogens with zero attached hydrogens (tertiary/aromatic N) is 4. The van der Waals surface area contributed by atoms with Crippen molar-refractivity contribution < 1.29 is 14.6 Å². The molecule has 1 aliphatic heterocycles. The zero-order valence-electron chi connectivity index (χ0n) is 10.3. The summed E-state index contributed by atoms with van der Waals surface area (Å²) in [5.41, 5.74) is 0.545. The first-order chi connectivity index (χ1) is 9.24. The summed E-state index contributed by atoms with van der Waals surface area (Å²) >= 11 is 0. The lowest BCUT2D eigenvalue weighted by atomic mass is 10.4. The summed E-state index contributed by atoms with van der Waals surface area (Å²) in [4.78, 5) is 17.5. The van der Waals surface area contributed by atoms with E-state index < -0.39 is 5.97 Å². The van der Waals surface area contributed by atoms with Gasteiger partial charge < -0.3 is 14.7 Å². The second-order valence-corrected chi connectivity index (χ2v) is 4.38. The molecule has 0 aromatic carbocycles. The molecule has 0 amide bonds. The molecule has 19 heavy (non-hydrogen) atoms. The van der Waals surface area contributed by atoms with Crippen molar-refractivity contribution in [2.45, 2.75) is 6.42 Å². The van der Waals surface area contributed by atoms with Crippen molar-refractivity contribution in [2.24, 2.45) is 0 Å². The van der Waals surface area contributed by atoms with E-state index in [2.05, 4.69) is 15.0 Å². The number of aromatic nitrogens is 3. The van der Waals surface area contributed by atoms with Gasteiger partial charge in [-0.2, -0.15) is 5.10 Å². The minimum atomic E-state index is -1.05. The van der Waals surface area contributed by atoms with Crippen LogP contribution in [0.2, 0.25) is 0 Å². The Balaban J connectivity index is 1.93. The minimum Gasteiger partial charge on any atom is -0.476 e. The van der Waals surface area contributed by atoms with Crippen LogP contribution in [0.1, 0.15) is 16.9 Å². The molecular formula is C12H14N4O3. The smallest absolute Gasteiger partial charge is 0.356 e. The highest BCUT2D eigenvalue weighted by Gasteiger charge is 2.14. The predicted molar refractivity (Wildman–Crippen MR) is 67.6 cm³/mol. The zero-order chi connectivity index (χ0) is 13.2. The Labute approximate surface area is 109 Å². The molecule has 0 unspecified atom stereocenters. The number of aromatic carboxylic acids is 1. The fourth-order valence-electron chi connectivity index (χ4n) is 2.13. The Hall–Kier alpha value is -2.15. The van der Waals surface area contributed by atoms with Crippen molar-refractivity contribution in [1.82, 2.24) is 14.6 Å². The van der Waals surface area contributed by atoms with Crippen LogP contribution < -0.4 is 4.90 Å². The summed E-state index contributed by atoms with van der Waals surface area (Å²) in [5.74, 6) is -0.218. The third kappa shape index (κ3) is 2.37. The third-order valence-corrected chi connectivity index (χ3v) is 3.08. The van der Waals surface area contributed by atoms with Gasteiger partial charge in [-0.05, 0) is 12.5 Å². The number of carbonyl (C=O) groups is 1. The largest absolute Gasteiger partial charge is 0.476 e. The monoisotopic (exact) mass is 262 g/mol. The topological polar surface area (TPSA) is 80.0 Å². The SMILES string of the molecule is O=C(O)c1cc2nc(N3CCCOCC3)ccn2n1. The van der Waals surface area contributed by atoms with E-state index in [-0.39, 0.29) is 5.69 Å². The van der Waals surface area contributed by atoms with E-state index in [0.29, 0.717) is 12.3 Å². The molecule has 0 saturated carbocycles. The van der Waals surface area contributed by atoms with Gasteiger partial charge in [-0.1, -0.05) is 0 Å². The maximum atomic E-state index is 10.9. The van der Waals surface area contributed by atoms with Crippen LogP contribution in [-0.4, -0.2) is 52.0 Å². The van der Waals surface area contributed by atoms with Crippen molar-refractivity contribution in [2.75, 3.05) is 31.2 Å². The molecule has 1 fully saturated rings. The number of anilines is 1. The number of hydrogen-bond donors (Lipinski definition) is 1. The van der Waals surface area contributed by atoms with Crippen LogP contribution in [0.25, 0.3) is 5.65 Å². The Bertz CT molecular complexity index is 602. The first kappa shape index (κ1) is 11.9. The third-order valence-electron chi connectivity index (χ3n) is 3.08. The molecule has 100 valence electrons. The summed E-state index contributed by atoms with van der Waals surface area (Å²) in [6.45, 7) is 3.15. The molecule has 2 aromatic rings. The van der Waals surface area contributed by atoms with Gasteiger partial charge in [0.2, 0.25) is 0 Å². The molecule has 0 atom stereocenters. The first-order valence-corrected chi connectivity index (χ1v) is 6.16. The highest BCUT2D eigenvalue weighted by Crippen LogP contribution is 2.15. The molecule has 7 nitrogen and oxygen atoms in total. The molecule has 1 N–H and O–H groups in total. The lowest BCUT2D eigenvalue weighted by molar-refractivity contribution is 0.0690. The highest BCUT2D eigenvalue weighted by molar-refractivity contribution is 5.86. The van der Waals surface area contributed by atoms with E-state index in [0.717, 1.165) is 31.9 Å². The van der Waals surface area contributed by atoms with E-state index in [1.807, 2.05) is 6.07 Å². The summed E-state index contributed by atoms with van der Waals surface area (Å²) in [6, 6.07) is 3.32. The van der Waals surface area contributed by atoms with Gasteiger partial charge in [0.1, 0.15) is 5.82 Å². The normalized spacial score (nSPS) is 16.5. The number of rotatable bonds is 2. The predicted octanol–water partition coefficient (Wildman–Crippen LogP) is 0.654. The molecule has 0 aliphatic carbocycles. The molecule has 1 saturated heterocycles. The number of ether oxygens (including phenoxy) is 1. The van der Waals surface area contributed by atoms with Gasteiger partial charge in [-0.15, -0.1) is 0 Å². The lowest BCUT2D eigenvalue weighted by Gasteiger charge is -2.20. The number of hydrogen-bond acceptors (Lipinski definition) is 5. The van der Waals surface area contributed by atoms with Crippen molar-refractivity contribution >= 4 is 17.4 Å². The summed E-state index contributed by atoms with van der Waals surface area (Å²) in [5, 5.41) is 12.8. The van der Waals surface area contributed by atoms with Crippen LogP contribution in [0, 0.1) is 0 Å². The summed E-state index contributed by atoms with van der Waals surface area (Å²) in [6.07, 6.45) is 2.70. The first-order valence-electron chi connectivity index (χ1n) is 6.16. The Morgan fingerprint density at radius 2 is 2.26 bits per heavy atom. The van der Waals surface area contributed by atoms with Crippen LogP contribution in [0.5, 0.6) is 0 Å². The molecule has 3 heterocycles. The average molecular weight is 262 g/mol. The number of carboxylic acid groups (broad SMARTS) is 1. The maximum absolute atomic E-state index is 10.9. The summed E-state index contributed by atoms with van der Waals surface area (Å²) in [7, 11) is 0. The lowest BCUT2D eigenvalue weighted by Crippen LogP contribution is -2.26. The van der Waals surface area contributed by atoms with Crippen LogP contribution in [0.4, 0.5) is 5.82 Å². The molecule has 0 radical (unpaired) electrons. The second kappa shape index (κ2) is 4.85. The standard InChI is InChI=1S/C12H14N4O3/c17-12(18)9-8-11-13-10(2-4-16(11)14-9)15-3-1-6-19-7-5-15/h2,4,8H,1,3,5-7H2,(H,17,18). The van der Waals surface area contributed by atoms with Gasteiger partial charge in [0.15, 0.2) is 11.3 Å². The molecule has 1 aliphatic rings. The van der Waals surface area contributed by atoms with E-state index in [1.165, 1.54) is 10.6 Å². The molecule has 7 heteroatoms. The zero-order valence-corrected chi connectivity index (χ0v) is 10.3. The molecule has 0 spiro atoms. The molecular weight excluding hydrogens is 248 g/mol. The van der Waals surface area contributed by atoms with E-state index in [4.69, 9.17) is 9.84 Å². The van der Waals surface area contributed by atoms with Gasteiger partial charge in [-0.3, -0.25) is 0 Å². The molecule has 0 bridgehead atoms. The van der Waals surface area contributed by atoms with Gasteiger partial charge in [0, 0.05) is 32.0 Å². The van der Waals surface area contributed by atoms with Gasteiger partial charge in [0.25, 0.3) is 0 Å². The van der Waals surface area contributed by atoms with Crippen LogP contribution in [0.3, 0.4) is 0 Å². The average Bonchev–Trinajstić information content (AvgIpc) is 2.64. The number of fused-ring (bicyclic) bond motifs is 1. The van der Waals surface area contributed by atoms with Crippen LogP contribution in [-0.2, 0) is 4.74 Å². The number of carboxylic acids is 1. The van der Waals surface area contributed by atoms with Crippen molar-refractivity contribution in [3.63, 3.8) is 0 Å². The highest BCUT2D eigenvalue weighted by atomic mass is 16.5. The second-order valence-electron chi connectivity index (χ2n) is 4.38. The Kier molecular flexibility index (Phi) is 3.04. The van der Waals surface area contributed by atoms with Gasteiger partial charge in [-0.25, -0.2) is 14.3 Å². The van der Waals surface area contributed by atoms with Gasteiger partial charge >= 0.3 is 5.97 Å². The van der Waals surface area contributed by atoms with Crippen LogP contribution >= 0.6 is 0 Å². The molecule has 2 aromatic heterocycles. The van der Waals surface area contributed by atoms with E-state index >= 15 is 0 Å². The van der Waals surface area contributed by atoms with Gasteiger partial charge in [0.05, 0.1) is 6.61 Å². The molecule has 3 rings (SSSR count). The van der Waals surface area contributed by atoms with E-state index in [1.54, 1.807) is 6.20 Å². The summed E-state index contributed by atoms with van der Waals surface area (Å²) < 4.78 is 6.88. The fraction of sp³-hybridized carbons (Fsp3) is 0.417. The van der Waals surface area contributed by atoms with Crippen LogP contribution in [0.15, 0.2) is 18.3 Å². The fourth-order valence-corrected chi connectivity index (χ4v) is 2.13. The maximum Gasteiger partial charge on any atom is 0.356 e. The van der Waals surface area contributed by atoms with Crippen molar-refractivity contribution in [3.05, 3.63) is 24.0 Å². The van der Waals surface area contributed by atoms with E-state index in [9.17, 15) is 4.79 Å². The minimum absolute atomic E-state index is 0.00356. The Morgan fingerprint density at radius 3 is 3.11 bits per heavy atom. The Morgan fingerprint density at radius 1 is 1.37 bits per heavy atom.